The predicted octanol–water partition coefficient (Wildman–Crippen LogP) is 2.45. The minimum atomic E-state index is -0.657. The van der Waals surface area contributed by atoms with E-state index in [2.05, 4.69) is 4.98 Å². The molecule has 2 aromatic rings. The van der Waals surface area contributed by atoms with Gasteiger partial charge in [0.2, 0.25) is 0 Å². The highest BCUT2D eigenvalue weighted by Gasteiger charge is 2.11. The lowest BCUT2D eigenvalue weighted by molar-refractivity contribution is 0.101. The van der Waals surface area contributed by atoms with E-state index in [-0.39, 0.29) is 17.5 Å². The Morgan fingerprint density at radius 3 is 2.47 bits per heavy atom. The second kappa shape index (κ2) is 5.14. The minimum absolute atomic E-state index is 0.0192. The average molecular weight is 263 g/mol. The highest BCUT2D eigenvalue weighted by atomic mass is 19.1. The normalized spacial score (nSPS) is 10.5. The molecule has 1 aromatic carbocycles. The summed E-state index contributed by atoms with van der Waals surface area (Å²) in [6.07, 6.45) is 1.32. The van der Waals surface area contributed by atoms with Gasteiger partial charge in [-0.3, -0.25) is 9.59 Å². The van der Waals surface area contributed by atoms with Crippen LogP contribution in [-0.4, -0.2) is 10.8 Å². The summed E-state index contributed by atoms with van der Waals surface area (Å²) in [7, 11) is 0. The molecule has 0 radical (unpaired) electrons. The van der Waals surface area contributed by atoms with E-state index in [1.54, 1.807) is 0 Å². The van der Waals surface area contributed by atoms with Crippen LogP contribution in [0.25, 0.3) is 0 Å². The Balaban J connectivity index is 2.42. The molecule has 0 amide bonds. The Labute approximate surface area is 107 Å². The van der Waals surface area contributed by atoms with Gasteiger partial charge in [-0.05, 0) is 30.7 Å². The van der Waals surface area contributed by atoms with Crippen LogP contribution >= 0.6 is 0 Å². The molecular weight excluding hydrogens is 252 g/mol. The summed E-state index contributed by atoms with van der Waals surface area (Å²) in [5.41, 5.74) is -0.155. The summed E-state index contributed by atoms with van der Waals surface area (Å²) in [6, 6.07) is 4.96. The van der Waals surface area contributed by atoms with E-state index in [1.807, 2.05) is 0 Å². The first-order valence-corrected chi connectivity index (χ1v) is 5.64. The fraction of sp³-hybridized carbons (Fsp3) is 0.143. The number of aromatic amines is 1. The number of halogens is 2. The van der Waals surface area contributed by atoms with Crippen molar-refractivity contribution in [2.24, 2.45) is 0 Å². The molecule has 1 aromatic heterocycles. The zero-order valence-electron chi connectivity index (χ0n) is 10.2. The fourth-order valence-corrected chi connectivity index (χ4v) is 1.80. The third kappa shape index (κ3) is 2.76. The Bertz CT molecular complexity index is 672. The van der Waals surface area contributed by atoms with Crippen molar-refractivity contribution >= 4 is 5.78 Å². The maximum Gasteiger partial charge on any atom is 0.258 e. The SMILES string of the molecule is CC(=O)c1cc(Cc2c(F)cccc2F)c[nH]c1=O. The summed E-state index contributed by atoms with van der Waals surface area (Å²) in [5.74, 6) is -1.71. The lowest BCUT2D eigenvalue weighted by Gasteiger charge is -2.05. The highest BCUT2D eigenvalue weighted by Crippen LogP contribution is 2.16. The van der Waals surface area contributed by atoms with Crippen LogP contribution in [0.2, 0.25) is 0 Å². The van der Waals surface area contributed by atoms with E-state index >= 15 is 0 Å². The number of H-pyrrole nitrogens is 1. The molecule has 0 bridgehead atoms. The number of ketones is 1. The molecule has 0 unspecified atom stereocenters. The number of carbonyl (C=O) groups excluding carboxylic acids is 1. The maximum atomic E-state index is 13.5. The molecule has 2 rings (SSSR count). The molecule has 0 fully saturated rings. The Kier molecular flexibility index (Phi) is 3.55. The van der Waals surface area contributed by atoms with Gasteiger partial charge in [-0.2, -0.15) is 0 Å². The molecule has 1 N–H and O–H groups in total. The molecule has 19 heavy (non-hydrogen) atoms. The third-order valence-corrected chi connectivity index (χ3v) is 2.78. The van der Waals surface area contributed by atoms with Crippen LogP contribution in [0.1, 0.15) is 28.4 Å². The molecule has 0 aliphatic heterocycles. The second-order valence-electron chi connectivity index (χ2n) is 4.18. The molecule has 0 spiro atoms. The van der Waals surface area contributed by atoms with Crippen LogP contribution in [0.4, 0.5) is 8.78 Å². The van der Waals surface area contributed by atoms with E-state index in [0.29, 0.717) is 5.56 Å². The Morgan fingerprint density at radius 2 is 1.89 bits per heavy atom. The minimum Gasteiger partial charge on any atom is -0.328 e. The number of carbonyl (C=O) groups is 1. The molecule has 0 atom stereocenters. The molecule has 5 heteroatoms. The van der Waals surface area contributed by atoms with Crippen LogP contribution in [0.5, 0.6) is 0 Å². The van der Waals surface area contributed by atoms with Gasteiger partial charge in [0.1, 0.15) is 11.6 Å². The van der Waals surface area contributed by atoms with Gasteiger partial charge in [0.15, 0.2) is 5.78 Å². The summed E-state index contributed by atoms with van der Waals surface area (Å²) in [6.45, 7) is 1.26. The molecule has 1 heterocycles. The van der Waals surface area contributed by atoms with Gasteiger partial charge in [-0.25, -0.2) is 8.78 Å². The van der Waals surface area contributed by atoms with Gasteiger partial charge in [-0.15, -0.1) is 0 Å². The van der Waals surface area contributed by atoms with E-state index in [1.165, 1.54) is 25.3 Å². The van der Waals surface area contributed by atoms with Crippen molar-refractivity contribution < 1.29 is 13.6 Å². The molecular formula is C14H11F2NO2. The second-order valence-corrected chi connectivity index (χ2v) is 4.18. The van der Waals surface area contributed by atoms with Crippen molar-refractivity contribution in [1.29, 1.82) is 0 Å². The van der Waals surface area contributed by atoms with Crippen molar-refractivity contribution in [3.8, 4) is 0 Å². The fourth-order valence-electron chi connectivity index (χ4n) is 1.80. The van der Waals surface area contributed by atoms with Crippen LogP contribution in [0.15, 0.2) is 35.3 Å². The monoisotopic (exact) mass is 263 g/mol. The highest BCUT2D eigenvalue weighted by molar-refractivity contribution is 5.93. The molecule has 98 valence electrons. The first-order chi connectivity index (χ1) is 8.99. The summed E-state index contributed by atoms with van der Waals surface area (Å²) in [4.78, 5) is 25.0. The molecule has 0 saturated carbocycles. The number of aromatic nitrogens is 1. The van der Waals surface area contributed by atoms with E-state index in [9.17, 15) is 18.4 Å². The van der Waals surface area contributed by atoms with Crippen molar-refractivity contribution in [2.75, 3.05) is 0 Å². The number of hydrogen-bond acceptors (Lipinski definition) is 2. The van der Waals surface area contributed by atoms with Crippen molar-refractivity contribution in [3.05, 3.63) is 69.1 Å². The summed E-state index contributed by atoms with van der Waals surface area (Å²) >= 11 is 0. The molecule has 0 aliphatic rings. The number of nitrogens with one attached hydrogen (secondary N) is 1. The van der Waals surface area contributed by atoms with E-state index in [4.69, 9.17) is 0 Å². The quantitative estimate of drug-likeness (QED) is 0.865. The largest absolute Gasteiger partial charge is 0.328 e. The zero-order valence-corrected chi connectivity index (χ0v) is 10.2. The smallest absolute Gasteiger partial charge is 0.258 e. The van der Waals surface area contributed by atoms with E-state index < -0.39 is 23.0 Å². The number of Topliss-reactive ketones (excluding diaryl/α,β-unsaturated/α-hetero) is 1. The lowest BCUT2D eigenvalue weighted by atomic mass is 10.0. The number of hydrogen-bond donors (Lipinski definition) is 1. The van der Waals surface area contributed by atoms with Gasteiger partial charge in [0, 0.05) is 18.2 Å². The standard InChI is InChI=1S/C14H11F2NO2/c1-8(18)10-5-9(7-17-14(10)19)6-11-12(15)3-2-4-13(11)16/h2-5,7H,6H2,1H3,(H,17,19). The average Bonchev–Trinajstić information content (AvgIpc) is 2.35. The van der Waals surface area contributed by atoms with Crippen LogP contribution < -0.4 is 5.56 Å². The predicted molar refractivity (Wildman–Crippen MR) is 66.2 cm³/mol. The van der Waals surface area contributed by atoms with Gasteiger partial charge < -0.3 is 4.98 Å². The number of benzene rings is 1. The van der Waals surface area contributed by atoms with Crippen LogP contribution in [-0.2, 0) is 6.42 Å². The molecule has 3 nitrogen and oxygen atoms in total. The van der Waals surface area contributed by atoms with Gasteiger partial charge in [0.05, 0.1) is 5.56 Å². The number of rotatable bonds is 3. The Morgan fingerprint density at radius 1 is 1.26 bits per heavy atom. The van der Waals surface area contributed by atoms with Gasteiger partial charge >= 0.3 is 0 Å². The maximum absolute atomic E-state index is 13.5. The summed E-state index contributed by atoms with van der Waals surface area (Å²) < 4.78 is 27.0. The van der Waals surface area contributed by atoms with Crippen molar-refractivity contribution in [1.82, 2.24) is 4.98 Å². The topological polar surface area (TPSA) is 49.9 Å². The van der Waals surface area contributed by atoms with E-state index in [0.717, 1.165) is 12.1 Å². The Hall–Kier alpha value is -2.30. The zero-order chi connectivity index (χ0) is 14.0. The van der Waals surface area contributed by atoms with Gasteiger partial charge in [0.25, 0.3) is 5.56 Å². The van der Waals surface area contributed by atoms with Crippen molar-refractivity contribution in [2.45, 2.75) is 13.3 Å². The molecule has 0 saturated heterocycles. The summed E-state index contributed by atoms with van der Waals surface area (Å²) in [5, 5.41) is 0. The molecule has 0 aliphatic carbocycles. The first-order valence-electron chi connectivity index (χ1n) is 5.64. The van der Waals surface area contributed by atoms with Crippen LogP contribution in [0, 0.1) is 11.6 Å². The van der Waals surface area contributed by atoms with Crippen LogP contribution in [0.3, 0.4) is 0 Å². The lowest BCUT2D eigenvalue weighted by Crippen LogP contribution is -2.16. The van der Waals surface area contributed by atoms with Gasteiger partial charge in [-0.1, -0.05) is 6.07 Å². The first kappa shape index (κ1) is 13.1. The van der Waals surface area contributed by atoms with Crippen molar-refractivity contribution in [3.63, 3.8) is 0 Å². The number of pyridine rings is 1. The third-order valence-electron chi connectivity index (χ3n) is 2.78.